The van der Waals surface area contributed by atoms with Crippen molar-refractivity contribution in [2.24, 2.45) is 11.8 Å². The van der Waals surface area contributed by atoms with Crippen LogP contribution in [0.25, 0.3) is 56.1 Å². The maximum atomic E-state index is 10.2. The van der Waals surface area contributed by atoms with Gasteiger partial charge in [-0.2, -0.15) is 5.26 Å². The number of nitrogens with zero attached hydrogens (tertiary/aromatic N) is 4. The Kier molecular flexibility index (Phi) is 7.26. The summed E-state index contributed by atoms with van der Waals surface area (Å²) in [5, 5.41) is 12.0. The van der Waals surface area contributed by atoms with Gasteiger partial charge in [-0.3, -0.25) is 0 Å². The van der Waals surface area contributed by atoms with Gasteiger partial charge in [-0.05, 0) is 83.6 Å². The molecule has 4 nitrogen and oxygen atoms in total. The quantitative estimate of drug-likeness (QED) is 0.183. The molecule has 0 radical (unpaired) electrons. The van der Waals surface area contributed by atoms with Gasteiger partial charge in [-0.15, -0.1) is 0 Å². The number of hydrogen-bond acceptors (Lipinski definition) is 4. The Morgan fingerprint density at radius 1 is 0.681 bits per heavy atom. The van der Waals surface area contributed by atoms with Gasteiger partial charge in [0.1, 0.15) is 0 Å². The highest BCUT2D eigenvalue weighted by atomic mass is 15.0. The summed E-state index contributed by atoms with van der Waals surface area (Å²) in [6, 6.07) is 41.8. The molecule has 0 aliphatic heterocycles. The van der Waals surface area contributed by atoms with E-state index in [1.165, 1.54) is 36.8 Å². The van der Waals surface area contributed by atoms with E-state index in [4.69, 9.17) is 15.0 Å². The number of fused-ring (bicyclic) bond motifs is 3. The molecule has 2 aliphatic rings. The van der Waals surface area contributed by atoms with Crippen LogP contribution in [0.15, 0.2) is 127 Å². The fourth-order valence-corrected chi connectivity index (χ4v) is 8.50. The van der Waals surface area contributed by atoms with Crippen molar-refractivity contribution in [2.75, 3.05) is 0 Å². The topological polar surface area (TPSA) is 62.5 Å². The summed E-state index contributed by atoms with van der Waals surface area (Å²) in [6.45, 7) is 6.86. The van der Waals surface area contributed by atoms with Crippen LogP contribution in [0.1, 0.15) is 50.2 Å². The molecular formula is C43H36N4. The molecule has 2 fully saturated rings. The monoisotopic (exact) mass is 608 g/mol. The summed E-state index contributed by atoms with van der Waals surface area (Å²) >= 11 is 0. The summed E-state index contributed by atoms with van der Waals surface area (Å²) in [6.07, 6.45) is 6.04. The number of aromatic nitrogens is 3. The van der Waals surface area contributed by atoms with Crippen LogP contribution in [0.4, 0.5) is 0 Å². The summed E-state index contributed by atoms with van der Waals surface area (Å²) in [7, 11) is 0. The molecule has 8 rings (SSSR count). The van der Waals surface area contributed by atoms with E-state index in [0.29, 0.717) is 23.0 Å². The van der Waals surface area contributed by atoms with Gasteiger partial charge in [-0.25, -0.2) is 15.0 Å². The molecule has 3 atom stereocenters. The molecule has 0 spiro atoms. The van der Waals surface area contributed by atoms with Crippen LogP contribution >= 0.6 is 0 Å². The lowest BCUT2D eigenvalue weighted by Crippen LogP contribution is -2.40. The molecule has 47 heavy (non-hydrogen) atoms. The summed E-state index contributed by atoms with van der Waals surface area (Å²) < 4.78 is 0. The van der Waals surface area contributed by atoms with Crippen LogP contribution in [0, 0.1) is 23.2 Å². The van der Waals surface area contributed by atoms with Crippen molar-refractivity contribution in [1.82, 2.24) is 15.0 Å². The van der Waals surface area contributed by atoms with E-state index in [0.717, 1.165) is 56.8 Å². The summed E-state index contributed by atoms with van der Waals surface area (Å²) in [4.78, 5) is 15.2. The fraction of sp³-hybridized carbons (Fsp3) is 0.209. The first-order valence-electron chi connectivity index (χ1n) is 16.6. The number of hydrogen-bond donors (Lipinski definition) is 0. The third kappa shape index (κ3) is 5.32. The van der Waals surface area contributed by atoms with Crippen LogP contribution in [0.2, 0.25) is 0 Å². The van der Waals surface area contributed by atoms with Crippen molar-refractivity contribution in [1.29, 1.82) is 5.26 Å². The van der Waals surface area contributed by atoms with E-state index in [2.05, 4.69) is 74.2 Å². The molecule has 1 unspecified atom stereocenters. The molecule has 5 aromatic carbocycles. The van der Waals surface area contributed by atoms with E-state index in [1.54, 1.807) is 0 Å². The largest absolute Gasteiger partial charge is 0.208 e. The highest BCUT2D eigenvalue weighted by Gasteiger charge is 2.44. The van der Waals surface area contributed by atoms with Gasteiger partial charge >= 0.3 is 0 Å². The molecule has 1 heterocycles. The molecule has 1 aromatic heterocycles. The second-order valence-corrected chi connectivity index (χ2v) is 13.6. The first-order valence-corrected chi connectivity index (χ1v) is 16.6. The van der Waals surface area contributed by atoms with Crippen molar-refractivity contribution in [3.05, 3.63) is 139 Å². The number of nitriles is 1. The van der Waals surface area contributed by atoms with Gasteiger partial charge in [0.25, 0.3) is 0 Å². The summed E-state index contributed by atoms with van der Waals surface area (Å²) in [5.74, 6) is 3.31. The fourth-order valence-electron chi connectivity index (χ4n) is 8.50. The highest BCUT2D eigenvalue weighted by molar-refractivity contribution is 6.07. The molecular weight excluding hydrogens is 573 g/mol. The Bertz CT molecular complexity index is 2160. The molecule has 6 aromatic rings. The van der Waals surface area contributed by atoms with Gasteiger partial charge in [0.05, 0.1) is 11.6 Å². The van der Waals surface area contributed by atoms with Crippen molar-refractivity contribution in [3.8, 4) is 51.4 Å². The average molecular weight is 609 g/mol. The lowest BCUT2D eigenvalue weighted by Gasteiger charge is -2.49. The Morgan fingerprint density at radius 2 is 1.32 bits per heavy atom. The lowest BCUT2D eigenvalue weighted by atomic mass is 9.56. The van der Waals surface area contributed by atoms with Crippen LogP contribution in [0.5, 0.6) is 0 Å². The molecule has 2 aliphatic carbocycles. The van der Waals surface area contributed by atoms with Crippen molar-refractivity contribution in [2.45, 2.75) is 44.4 Å². The number of allylic oxidation sites excluding steroid dienone is 1. The van der Waals surface area contributed by atoms with Gasteiger partial charge in [0, 0.05) is 22.1 Å². The molecule has 2 saturated carbocycles. The molecule has 2 bridgehead atoms. The van der Waals surface area contributed by atoms with Gasteiger partial charge in [0.2, 0.25) is 0 Å². The normalized spacial score (nSPS) is 20.6. The van der Waals surface area contributed by atoms with Gasteiger partial charge in [0.15, 0.2) is 17.5 Å². The Morgan fingerprint density at radius 3 is 2.02 bits per heavy atom. The van der Waals surface area contributed by atoms with Gasteiger partial charge < -0.3 is 0 Å². The maximum absolute atomic E-state index is 10.2. The standard InChI is InChI=1S/C43H36N4/c1-28-22-30-23-29(2)25-43(24-28,26-30)35-18-16-33(17-19-35)41-45-40(32-12-7-4-8-13-32)46-42(47-41)38-21-20-36(31-10-5-3-6-11-31)39-34(27-44)14-9-15-37(38)39/h3-21,29-30H,1,22-26H2,2H3/t29-,30+,43?/m0/s1. The van der Waals surface area contributed by atoms with Crippen LogP contribution in [0.3, 0.4) is 0 Å². The molecule has 0 amide bonds. The Balaban J connectivity index is 1.27. The van der Waals surface area contributed by atoms with E-state index < -0.39 is 0 Å². The van der Waals surface area contributed by atoms with Crippen molar-refractivity contribution in [3.63, 3.8) is 0 Å². The minimum absolute atomic E-state index is 0.174. The van der Waals surface area contributed by atoms with E-state index in [-0.39, 0.29) is 5.41 Å². The Labute approximate surface area is 276 Å². The third-order valence-corrected chi connectivity index (χ3v) is 10.2. The Hall–Kier alpha value is -5.40. The summed E-state index contributed by atoms with van der Waals surface area (Å²) in [5.41, 5.74) is 8.44. The minimum Gasteiger partial charge on any atom is -0.208 e. The molecule has 0 N–H and O–H groups in total. The van der Waals surface area contributed by atoms with Crippen LogP contribution in [-0.4, -0.2) is 15.0 Å². The zero-order valence-electron chi connectivity index (χ0n) is 26.7. The zero-order valence-corrected chi connectivity index (χ0v) is 26.7. The smallest absolute Gasteiger partial charge is 0.164 e. The van der Waals surface area contributed by atoms with E-state index in [1.807, 2.05) is 60.7 Å². The second-order valence-electron chi connectivity index (χ2n) is 13.6. The number of benzene rings is 5. The number of rotatable bonds is 5. The first-order chi connectivity index (χ1) is 23.0. The van der Waals surface area contributed by atoms with E-state index in [9.17, 15) is 5.26 Å². The molecule has 228 valence electrons. The van der Waals surface area contributed by atoms with E-state index >= 15 is 0 Å². The van der Waals surface area contributed by atoms with Crippen molar-refractivity contribution < 1.29 is 0 Å². The van der Waals surface area contributed by atoms with Crippen LogP contribution in [-0.2, 0) is 5.41 Å². The second kappa shape index (κ2) is 11.8. The third-order valence-electron chi connectivity index (χ3n) is 10.2. The highest BCUT2D eigenvalue weighted by Crippen LogP contribution is 2.53. The average Bonchev–Trinajstić information content (AvgIpc) is 3.11. The zero-order chi connectivity index (χ0) is 32.0. The minimum atomic E-state index is 0.174. The predicted octanol–water partition coefficient (Wildman–Crippen LogP) is 10.6. The SMILES string of the molecule is C=C1C[C@@H]2C[C@H](C)CC(c3ccc(-c4nc(-c5ccccc5)nc(-c5ccc(-c6ccccc6)c6c(C#N)cccc56)n4)cc3)(C1)C2. The first kappa shape index (κ1) is 29.0. The van der Waals surface area contributed by atoms with Gasteiger partial charge in [-0.1, -0.05) is 122 Å². The predicted molar refractivity (Wildman–Crippen MR) is 190 cm³/mol. The lowest BCUT2D eigenvalue weighted by molar-refractivity contribution is 0.139. The molecule has 4 heteroatoms. The maximum Gasteiger partial charge on any atom is 0.164 e. The van der Waals surface area contributed by atoms with Crippen molar-refractivity contribution >= 4 is 10.8 Å². The van der Waals surface area contributed by atoms with Crippen LogP contribution < -0.4 is 0 Å². The molecule has 0 saturated heterocycles.